The maximum atomic E-state index is 13.3. The third-order valence-electron chi connectivity index (χ3n) is 5.54. The van der Waals surface area contributed by atoms with E-state index >= 15 is 0 Å². The van der Waals surface area contributed by atoms with Gasteiger partial charge in [0.1, 0.15) is 23.9 Å². The van der Waals surface area contributed by atoms with Gasteiger partial charge in [0.15, 0.2) is 0 Å². The van der Waals surface area contributed by atoms with Crippen LogP contribution in [0.25, 0.3) is 0 Å². The monoisotopic (exact) mass is 556 g/mol. The summed E-state index contributed by atoms with van der Waals surface area (Å²) in [5.41, 5.74) is 6.70. The smallest absolute Gasteiger partial charge is 0.326 e. The molecule has 10 nitrogen and oxygen atoms in total. The molecule has 1 aromatic rings. The lowest BCUT2D eigenvalue weighted by Crippen LogP contribution is -2.57. The highest BCUT2D eigenvalue weighted by atomic mass is 32.2. The number of thioether (sulfide) groups is 2. The molecule has 12 heteroatoms. The molecule has 0 aliphatic carbocycles. The van der Waals surface area contributed by atoms with Crippen molar-refractivity contribution in [2.24, 2.45) is 11.7 Å². The van der Waals surface area contributed by atoms with Gasteiger partial charge in [-0.1, -0.05) is 26.0 Å². The van der Waals surface area contributed by atoms with Crippen molar-refractivity contribution in [2.75, 3.05) is 24.0 Å². The van der Waals surface area contributed by atoms with Crippen LogP contribution in [-0.2, 0) is 25.6 Å². The van der Waals surface area contributed by atoms with Crippen LogP contribution >= 0.6 is 23.5 Å². The lowest BCUT2D eigenvalue weighted by molar-refractivity contribution is -0.142. The molecule has 4 unspecified atom stereocenters. The fourth-order valence-corrected chi connectivity index (χ4v) is 4.46. The average Bonchev–Trinajstić information content (AvgIpc) is 2.84. The van der Waals surface area contributed by atoms with Crippen LogP contribution < -0.4 is 21.7 Å². The number of carboxylic acids is 1. The van der Waals surface area contributed by atoms with Gasteiger partial charge in [-0.2, -0.15) is 23.5 Å². The van der Waals surface area contributed by atoms with Gasteiger partial charge in [-0.15, -0.1) is 0 Å². The first-order chi connectivity index (χ1) is 17.5. The number of nitrogens with one attached hydrogen (secondary N) is 3. The Morgan fingerprint density at radius 2 is 1.32 bits per heavy atom. The number of rotatable bonds is 17. The minimum atomic E-state index is -1.14. The summed E-state index contributed by atoms with van der Waals surface area (Å²) in [6, 6.07) is 2.33. The zero-order chi connectivity index (χ0) is 28.0. The van der Waals surface area contributed by atoms with Crippen LogP contribution in [0.1, 0.15) is 38.7 Å². The van der Waals surface area contributed by atoms with Crippen LogP contribution in [0.5, 0.6) is 5.75 Å². The number of carboxylic acid groups (broad SMARTS) is 1. The number of carbonyl (C=O) groups excluding carboxylic acids is 3. The minimum Gasteiger partial charge on any atom is -0.508 e. The summed E-state index contributed by atoms with van der Waals surface area (Å²) in [7, 11) is 0. The zero-order valence-corrected chi connectivity index (χ0v) is 23.5. The molecule has 0 radical (unpaired) electrons. The van der Waals surface area contributed by atoms with Crippen molar-refractivity contribution in [3.05, 3.63) is 29.8 Å². The Morgan fingerprint density at radius 3 is 1.84 bits per heavy atom. The summed E-state index contributed by atoms with van der Waals surface area (Å²) >= 11 is 2.96. The third-order valence-corrected chi connectivity index (χ3v) is 6.83. The number of carbonyl (C=O) groups is 4. The number of hydrogen-bond acceptors (Lipinski definition) is 8. The van der Waals surface area contributed by atoms with Gasteiger partial charge in [-0.05, 0) is 66.9 Å². The van der Waals surface area contributed by atoms with Crippen molar-refractivity contribution in [3.63, 3.8) is 0 Å². The number of hydrogen-bond donors (Lipinski definition) is 6. The van der Waals surface area contributed by atoms with Gasteiger partial charge in [0.2, 0.25) is 17.7 Å². The zero-order valence-electron chi connectivity index (χ0n) is 21.9. The molecule has 3 amide bonds. The predicted octanol–water partition coefficient (Wildman–Crippen LogP) is 1.35. The molecule has 4 atom stereocenters. The number of amides is 3. The van der Waals surface area contributed by atoms with E-state index in [9.17, 15) is 29.4 Å². The topological polar surface area (TPSA) is 171 Å². The molecule has 37 heavy (non-hydrogen) atoms. The molecule has 7 N–H and O–H groups in total. The Hall–Kier alpha value is -2.44. The van der Waals surface area contributed by atoms with E-state index in [1.165, 1.54) is 35.7 Å². The van der Waals surface area contributed by atoms with Crippen molar-refractivity contribution in [3.8, 4) is 5.75 Å². The van der Waals surface area contributed by atoms with E-state index in [-0.39, 0.29) is 30.9 Å². The first-order valence-electron chi connectivity index (χ1n) is 12.1. The summed E-state index contributed by atoms with van der Waals surface area (Å²) in [5, 5.41) is 27.0. The summed E-state index contributed by atoms with van der Waals surface area (Å²) in [4.78, 5) is 50.7. The molecule has 0 bridgehead atoms. The molecule has 0 fully saturated rings. The van der Waals surface area contributed by atoms with E-state index in [4.69, 9.17) is 5.73 Å². The second kappa shape index (κ2) is 17.1. The van der Waals surface area contributed by atoms with E-state index in [0.29, 0.717) is 23.5 Å². The highest BCUT2D eigenvalue weighted by Gasteiger charge is 2.30. The molecule has 0 heterocycles. The summed E-state index contributed by atoms with van der Waals surface area (Å²) < 4.78 is 0. The highest BCUT2D eigenvalue weighted by molar-refractivity contribution is 7.98. The van der Waals surface area contributed by atoms with Crippen LogP contribution in [0.2, 0.25) is 0 Å². The summed E-state index contributed by atoms with van der Waals surface area (Å²) in [5.74, 6) is -1.47. The molecule has 0 saturated heterocycles. The van der Waals surface area contributed by atoms with Crippen molar-refractivity contribution in [2.45, 2.75) is 63.7 Å². The largest absolute Gasteiger partial charge is 0.508 e. The van der Waals surface area contributed by atoms with Crippen molar-refractivity contribution in [1.29, 1.82) is 0 Å². The van der Waals surface area contributed by atoms with Gasteiger partial charge >= 0.3 is 5.97 Å². The van der Waals surface area contributed by atoms with Gasteiger partial charge in [-0.25, -0.2) is 4.79 Å². The Labute approximate surface area is 227 Å². The van der Waals surface area contributed by atoms with E-state index in [1.54, 1.807) is 12.1 Å². The number of aliphatic carboxylic acids is 1. The normalized spacial score (nSPS) is 14.3. The molecule has 0 saturated carbocycles. The average molecular weight is 557 g/mol. The Morgan fingerprint density at radius 1 is 0.838 bits per heavy atom. The second-order valence-electron chi connectivity index (χ2n) is 9.19. The number of phenols is 1. The maximum absolute atomic E-state index is 13.3. The number of nitrogens with two attached hydrogens (primary N) is 1. The highest BCUT2D eigenvalue weighted by Crippen LogP contribution is 2.13. The third kappa shape index (κ3) is 12.6. The Bertz CT molecular complexity index is 884. The van der Waals surface area contributed by atoms with Crippen LogP contribution in [-0.4, -0.2) is 82.1 Å². The predicted molar refractivity (Wildman–Crippen MR) is 149 cm³/mol. The quantitative estimate of drug-likeness (QED) is 0.166. The molecule has 208 valence electrons. The van der Waals surface area contributed by atoms with E-state index in [2.05, 4.69) is 16.0 Å². The molecule has 0 aromatic heterocycles. The first-order valence-corrected chi connectivity index (χ1v) is 14.9. The second-order valence-corrected chi connectivity index (χ2v) is 11.2. The minimum absolute atomic E-state index is 0.0657. The van der Waals surface area contributed by atoms with Gasteiger partial charge in [0.05, 0.1) is 6.04 Å². The van der Waals surface area contributed by atoms with Crippen LogP contribution in [0.15, 0.2) is 24.3 Å². The maximum Gasteiger partial charge on any atom is 0.326 e. The molecular weight excluding hydrogens is 516 g/mol. The van der Waals surface area contributed by atoms with Gasteiger partial charge in [-0.3, -0.25) is 14.4 Å². The van der Waals surface area contributed by atoms with E-state index in [1.807, 2.05) is 26.4 Å². The fourth-order valence-electron chi connectivity index (χ4n) is 3.51. The molecule has 0 aliphatic heterocycles. The lowest BCUT2D eigenvalue weighted by atomic mass is 10.0. The molecule has 0 spiro atoms. The van der Waals surface area contributed by atoms with Crippen LogP contribution in [0, 0.1) is 5.92 Å². The number of benzene rings is 1. The number of phenolic OH excluding ortho intramolecular Hbond substituents is 1. The van der Waals surface area contributed by atoms with Crippen LogP contribution in [0.4, 0.5) is 0 Å². The molecular formula is C25H40N4O6S2. The van der Waals surface area contributed by atoms with Crippen molar-refractivity contribution < 1.29 is 29.4 Å². The Balaban J connectivity index is 3.09. The molecule has 1 aromatic carbocycles. The van der Waals surface area contributed by atoms with Crippen LogP contribution in [0.3, 0.4) is 0 Å². The first kappa shape index (κ1) is 32.6. The van der Waals surface area contributed by atoms with Gasteiger partial charge in [0, 0.05) is 6.42 Å². The Kier molecular flexibility index (Phi) is 15.1. The number of aromatic hydroxyl groups is 1. The lowest BCUT2D eigenvalue weighted by Gasteiger charge is -2.25. The van der Waals surface area contributed by atoms with Crippen molar-refractivity contribution in [1.82, 2.24) is 16.0 Å². The van der Waals surface area contributed by atoms with E-state index < -0.39 is 47.9 Å². The molecule has 1 rings (SSSR count). The standard InChI is InChI=1S/C25H40N4O6S2/c1-15(2)13-18(26)22(31)29-21(14-16-5-7-17(30)8-6-16)24(33)27-19(9-11-36-3)23(32)28-20(25(34)35)10-12-37-4/h5-8,15,18-21,30H,9-14,26H2,1-4H3,(H,27,33)(H,28,32)(H,29,31)(H,34,35). The summed E-state index contributed by atoms with van der Waals surface area (Å²) in [6.45, 7) is 3.87. The molecule has 0 aliphatic rings. The van der Waals surface area contributed by atoms with Crippen molar-refractivity contribution >= 4 is 47.2 Å². The van der Waals surface area contributed by atoms with Gasteiger partial charge < -0.3 is 31.9 Å². The summed E-state index contributed by atoms with van der Waals surface area (Å²) in [6.07, 6.45) is 4.77. The van der Waals surface area contributed by atoms with E-state index in [0.717, 1.165) is 0 Å². The van der Waals surface area contributed by atoms with Gasteiger partial charge in [0.25, 0.3) is 0 Å². The fraction of sp³-hybridized carbons (Fsp3) is 0.600. The SMILES string of the molecule is CSCCC(NC(=O)C(CCSC)NC(=O)C(Cc1ccc(O)cc1)NC(=O)C(N)CC(C)C)C(=O)O.